The molecule has 0 aliphatic heterocycles. The minimum atomic E-state index is -0.371. The summed E-state index contributed by atoms with van der Waals surface area (Å²) < 4.78 is 5.31. The van der Waals surface area contributed by atoms with Gasteiger partial charge < -0.3 is 10.1 Å². The van der Waals surface area contributed by atoms with Crippen molar-refractivity contribution in [1.29, 1.82) is 0 Å². The van der Waals surface area contributed by atoms with Crippen LogP contribution in [-0.4, -0.2) is 24.4 Å². The van der Waals surface area contributed by atoms with Crippen LogP contribution < -0.4 is 5.32 Å². The normalized spacial score (nSPS) is 20.0. The van der Waals surface area contributed by atoms with Crippen LogP contribution in [0.15, 0.2) is 60.7 Å². The van der Waals surface area contributed by atoms with Gasteiger partial charge in [0.25, 0.3) is 0 Å². The summed E-state index contributed by atoms with van der Waals surface area (Å²) >= 11 is 0. The molecule has 1 N–H and O–H groups in total. The van der Waals surface area contributed by atoms with Crippen LogP contribution in [0.1, 0.15) is 43.0 Å². The fourth-order valence-corrected chi connectivity index (χ4v) is 3.92. The number of carbonyl (C=O) groups excluding carboxylic acids is 2. The molecule has 0 heterocycles. The third-order valence-electron chi connectivity index (χ3n) is 5.26. The standard InChI is InChI=1S/C23H27NO3/c1-2-27-23(26)22(24-20-11-7-4-8-12-20)19-14-13-17(15-19)16-21(25)18-9-5-3-6-10-18/h3-12,17,19,22,24H,2,13-16H2,1H3. The van der Waals surface area contributed by atoms with E-state index in [2.05, 4.69) is 5.32 Å². The Hall–Kier alpha value is -2.62. The number of Topliss-reactive ketones (excluding diaryl/α,β-unsaturated/α-hetero) is 1. The molecular weight excluding hydrogens is 338 g/mol. The van der Waals surface area contributed by atoms with Gasteiger partial charge in [-0.3, -0.25) is 4.79 Å². The second-order valence-corrected chi connectivity index (χ2v) is 7.17. The number of esters is 1. The van der Waals surface area contributed by atoms with E-state index in [4.69, 9.17) is 4.74 Å². The molecule has 0 amide bonds. The Morgan fingerprint density at radius 1 is 1.04 bits per heavy atom. The molecule has 1 fully saturated rings. The summed E-state index contributed by atoms with van der Waals surface area (Å²) in [5, 5.41) is 3.35. The van der Waals surface area contributed by atoms with Crippen LogP contribution in [0, 0.1) is 11.8 Å². The molecule has 142 valence electrons. The van der Waals surface area contributed by atoms with E-state index in [1.807, 2.05) is 67.6 Å². The summed E-state index contributed by atoms with van der Waals surface area (Å²) in [5.74, 6) is 0.473. The molecule has 0 aromatic heterocycles. The van der Waals surface area contributed by atoms with E-state index in [1.54, 1.807) is 0 Å². The van der Waals surface area contributed by atoms with Crippen molar-refractivity contribution >= 4 is 17.4 Å². The maximum Gasteiger partial charge on any atom is 0.328 e. The highest BCUT2D eigenvalue weighted by Crippen LogP contribution is 2.37. The number of hydrogen-bond donors (Lipinski definition) is 1. The second kappa shape index (κ2) is 9.36. The smallest absolute Gasteiger partial charge is 0.328 e. The van der Waals surface area contributed by atoms with Gasteiger partial charge in [-0.05, 0) is 50.2 Å². The van der Waals surface area contributed by atoms with E-state index in [1.165, 1.54) is 0 Å². The Balaban J connectivity index is 1.63. The molecule has 1 saturated carbocycles. The molecule has 4 heteroatoms. The molecule has 0 spiro atoms. The number of hydrogen-bond acceptors (Lipinski definition) is 4. The molecule has 0 bridgehead atoms. The fraction of sp³-hybridized carbons (Fsp3) is 0.391. The van der Waals surface area contributed by atoms with Crippen LogP contribution in [0.4, 0.5) is 5.69 Å². The number of ketones is 1. The van der Waals surface area contributed by atoms with Gasteiger partial charge in [0.15, 0.2) is 5.78 Å². The van der Waals surface area contributed by atoms with E-state index in [0.29, 0.717) is 18.9 Å². The number of anilines is 1. The van der Waals surface area contributed by atoms with Crippen LogP contribution in [0.5, 0.6) is 0 Å². The van der Waals surface area contributed by atoms with Gasteiger partial charge in [-0.1, -0.05) is 48.5 Å². The summed E-state index contributed by atoms with van der Waals surface area (Å²) in [6.07, 6.45) is 3.30. The highest BCUT2D eigenvalue weighted by atomic mass is 16.5. The van der Waals surface area contributed by atoms with Crippen molar-refractivity contribution in [2.24, 2.45) is 11.8 Å². The molecule has 1 aliphatic rings. The molecule has 2 aromatic rings. The van der Waals surface area contributed by atoms with Crippen LogP contribution >= 0.6 is 0 Å². The zero-order valence-corrected chi connectivity index (χ0v) is 15.8. The predicted octanol–water partition coefficient (Wildman–Crippen LogP) is 4.72. The topological polar surface area (TPSA) is 55.4 Å². The first-order valence-electron chi connectivity index (χ1n) is 9.74. The monoisotopic (exact) mass is 365 g/mol. The quantitative estimate of drug-likeness (QED) is 0.543. The van der Waals surface area contributed by atoms with Gasteiger partial charge in [-0.15, -0.1) is 0 Å². The molecule has 3 atom stereocenters. The highest BCUT2D eigenvalue weighted by Gasteiger charge is 2.36. The number of ether oxygens (including phenoxy) is 1. The summed E-state index contributed by atoms with van der Waals surface area (Å²) in [6.45, 7) is 2.20. The lowest BCUT2D eigenvalue weighted by molar-refractivity contribution is -0.145. The van der Waals surface area contributed by atoms with Crippen LogP contribution in [0.25, 0.3) is 0 Å². The first kappa shape index (κ1) is 19.2. The highest BCUT2D eigenvalue weighted by molar-refractivity contribution is 5.96. The van der Waals surface area contributed by atoms with E-state index in [-0.39, 0.29) is 23.7 Å². The lowest BCUT2D eigenvalue weighted by atomic mass is 9.93. The average Bonchev–Trinajstić information content (AvgIpc) is 3.16. The van der Waals surface area contributed by atoms with Crippen molar-refractivity contribution < 1.29 is 14.3 Å². The predicted molar refractivity (Wildman–Crippen MR) is 107 cm³/mol. The van der Waals surface area contributed by atoms with Crippen LogP contribution in [-0.2, 0) is 9.53 Å². The Kier molecular flexibility index (Phi) is 6.64. The van der Waals surface area contributed by atoms with Crippen LogP contribution in [0.2, 0.25) is 0 Å². The molecule has 2 aromatic carbocycles. The Bertz CT molecular complexity index is 745. The first-order chi connectivity index (χ1) is 13.2. The first-order valence-corrected chi connectivity index (χ1v) is 9.74. The molecular formula is C23H27NO3. The van der Waals surface area contributed by atoms with Crippen LogP contribution in [0.3, 0.4) is 0 Å². The number of benzene rings is 2. The van der Waals surface area contributed by atoms with Crippen molar-refractivity contribution in [2.45, 2.75) is 38.6 Å². The molecule has 1 aliphatic carbocycles. The Morgan fingerprint density at radius 3 is 2.37 bits per heavy atom. The minimum absolute atomic E-state index is 0.179. The van der Waals surface area contributed by atoms with E-state index in [0.717, 1.165) is 30.5 Å². The third-order valence-corrected chi connectivity index (χ3v) is 5.26. The van der Waals surface area contributed by atoms with Gasteiger partial charge in [0.1, 0.15) is 6.04 Å². The SMILES string of the molecule is CCOC(=O)C(Nc1ccccc1)C1CCC(CC(=O)c2ccccc2)C1. The van der Waals surface area contributed by atoms with Crippen molar-refractivity contribution in [3.05, 3.63) is 66.2 Å². The van der Waals surface area contributed by atoms with Gasteiger partial charge >= 0.3 is 5.97 Å². The van der Waals surface area contributed by atoms with E-state index >= 15 is 0 Å². The van der Waals surface area contributed by atoms with Crippen molar-refractivity contribution in [3.8, 4) is 0 Å². The van der Waals surface area contributed by atoms with E-state index < -0.39 is 0 Å². The summed E-state index contributed by atoms with van der Waals surface area (Å²) in [7, 11) is 0. The molecule has 3 rings (SSSR count). The third kappa shape index (κ3) is 5.19. The molecule has 27 heavy (non-hydrogen) atoms. The lowest BCUT2D eigenvalue weighted by Crippen LogP contribution is -2.37. The van der Waals surface area contributed by atoms with Gasteiger partial charge in [0.05, 0.1) is 6.61 Å². The zero-order chi connectivity index (χ0) is 19.1. The van der Waals surface area contributed by atoms with Crippen molar-refractivity contribution in [3.63, 3.8) is 0 Å². The molecule has 3 unspecified atom stereocenters. The maximum atomic E-state index is 12.5. The molecule has 0 radical (unpaired) electrons. The number of carbonyl (C=O) groups is 2. The van der Waals surface area contributed by atoms with Gasteiger partial charge in [0, 0.05) is 17.7 Å². The Labute approximate surface area is 160 Å². The second-order valence-electron chi connectivity index (χ2n) is 7.17. The van der Waals surface area contributed by atoms with E-state index in [9.17, 15) is 9.59 Å². The molecule has 4 nitrogen and oxygen atoms in total. The van der Waals surface area contributed by atoms with Crippen molar-refractivity contribution in [2.75, 3.05) is 11.9 Å². The maximum absolute atomic E-state index is 12.5. The summed E-state index contributed by atoms with van der Waals surface area (Å²) in [6, 6.07) is 18.8. The van der Waals surface area contributed by atoms with Crippen molar-refractivity contribution in [1.82, 2.24) is 0 Å². The minimum Gasteiger partial charge on any atom is -0.464 e. The largest absolute Gasteiger partial charge is 0.464 e. The zero-order valence-electron chi connectivity index (χ0n) is 15.8. The summed E-state index contributed by atoms with van der Waals surface area (Å²) in [5.41, 5.74) is 1.68. The average molecular weight is 365 g/mol. The number of nitrogens with one attached hydrogen (secondary N) is 1. The van der Waals surface area contributed by atoms with Gasteiger partial charge in [-0.2, -0.15) is 0 Å². The Morgan fingerprint density at radius 2 is 1.70 bits per heavy atom. The molecule has 0 saturated heterocycles. The van der Waals surface area contributed by atoms with Gasteiger partial charge in [-0.25, -0.2) is 4.79 Å². The fourth-order valence-electron chi connectivity index (χ4n) is 3.92. The number of rotatable bonds is 8. The number of para-hydroxylation sites is 1. The lowest BCUT2D eigenvalue weighted by Gasteiger charge is -2.24. The summed E-state index contributed by atoms with van der Waals surface area (Å²) in [4.78, 5) is 25.0. The van der Waals surface area contributed by atoms with Gasteiger partial charge in [0.2, 0.25) is 0 Å².